The number of hydrogen-bond acceptors (Lipinski definition) is 3. The van der Waals surface area contributed by atoms with E-state index in [2.05, 4.69) is 12.2 Å². The predicted octanol–water partition coefficient (Wildman–Crippen LogP) is 4.39. The van der Waals surface area contributed by atoms with E-state index >= 15 is 0 Å². The van der Waals surface area contributed by atoms with Crippen molar-refractivity contribution in [3.63, 3.8) is 0 Å². The zero-order valence-electron chi connectivity index (χ0n) is 14.1. The molecule has 1 fully saturated rings. The Hall–Kier alpha value is -2.14. The molecule has 1 N–H and O–H groups in total. The molecule has 3 rings (SSSR count). The molecule has 0 aliphatic carbocycles. The smallest absolute Gasteiger partial charge is 0.265 e. The van der Waals surface area contributed by atoms with Gasteiger partial charge in [-0.25, -0.2) is 0 Å². The number of anilines is 2. The van der Waals surface area contributed by atoms with Crippen LogP contribution in [0.1, 0.15) is 46.3 Å². The normalized spacial score (nSPS) is 14.8. The minimum atomic E-state index is -0.0927. The number of aryl methyl sites for hydroxylation is 2. The van der Waals surface area contributed by atoms with E-state index in [0.717, 1.165) is 42.1 Å². The number of carbonyl (C=O) groups is 2. The fourth-order valence-corrected chi connectivity index (χ4v) is 4.02. The number of thiophene rings is 1. The van der Waals surface area contributed by atoms with Gasteiger partial charge in [-0.15, -0.1) is 11.3 Å². The van der Waals surface area contributed by atoms with Crippen molar-refractivity contribution in [2.24, 2.45) is 0 Å². The molecule has 0 bridgehead atoms. The standard InChI is InChI=1S/C19H22N2O2S/c1-3-16-13(2)11-17(24-16)19(23)20-14-7-6-8-15(12-14)21-10-5-4-9-18(21)22/h6-8,11-12H,3-5,9-10H2,1-2H3,(H,20,23). The molecule has 1 saturated heterocycles. The summed E-state index contributed by atoms with van der Waals surface area (Å²) in [4.78, 5) is 28.3. The number of nitrogens with one attached hydrogen (secondary N) is 1. The first-order valence-corrected chi connectivity index (χ1v) is 9.21. The molecule has 1 aliphatic heterocycles. The maximum absolute atomic E-state index is 12.5. The van der Waals surface area contributed by atoms with Gasteiger partial charge in [0.15, 0.2) is 0 Å². The van der Waals surface area contributed by atoms with E-state index in [1.165, 1.54) is 10.4 Å². The van der Waals surface area contributed by atoms with E-state index in [4.69, 9.17) is 0 Å². The fourth-order valence-electron chi connectivity index (χ4n) is 3.01. The first-order valence-electron chi connectivity index (χ1n) is 8.39. The van der Waals surface area contributed by atoms with Crippen LogP contribution in [0.3, 0.4) is 0 Å². The lowest BCUT2D eigenvalue weighted by atomic mass is 10.1. The van der Waals surface area contributed by atoms with Gasteiger partial charge >= 0.3 is 0 Å². The minimum absolute atomic E-state index is 0.0927. The van der Waals surface area contributed by atoms with E-state index in [9.17, 15) is 9.59 Å². The topological polar surface area (TPSA) is 49.4 Å². The molecule has 0 radical (unpaired) electrons. The third kappa shape index (κ3) is 3.51. The predicted molar refractivity (Wildman–Crippen MR) is 99.0 cm³/mol. The Morgan fingerprint density at radius 3 is 2.83 bits per heavy atom. The summed E-state index contributed by atoms with van der Waals surface area (Å²) in [7, 11) is 0. The maximum Gasteiger partial charge on any atom is 0.265 e. The molecule has 2 aromatic rings. The van der Waals surface area contributed by atoms with Crippen LogP contribution in [0, 0.1) is 6.92 Å². The molecule has 24 heavy (non-hydrogen) atoms. The molecule has 0 spiro atoms. The Morgan fingerprint density at radius 1 is 1.29 bits per heavy atom. The zero-order chi connectivity index (χ0) is 17.1. The quantitative estimate of drug-likeness (QED) is 0.896. The highest BCUT2D eigenvalue weighted by atomic mass is 32.1. The van der Waals surface area contributed by atoms with Crippen LogP contribution in [-0.2, 0) is 11.2 Å². The molecule has 5 heteroatoms. The molecular weight excluding hydrogens is 320 g/mol. The summed E-state index contributed by atoms with van der Waals surface area (Å²) >= 11 is 1.54. The summed E-state index contributed by atoms with van der Waals surface area (Å²) in [6.45, 7) is 4.88. The van der Waals surface area contributed by atoms with E-state index in [-0.39, 0.29) is 11.8 Å². The van der Waals surface area contributed by atoms with Gasteiger partial charge in [-0.3, -0.25) is 9.59 Å². The van der Waals surface area contributed by atoms with Gasteiger partial charge in [0.05, 0.1) is 4.88 Å². The largest absolute Gasteiger partial charge is 0.321 e. The van der Waals surface area contributed by atoms with Crippen LogP contribution in [0.25, 0.3) is 0 Å². The second kappa shape index (κ2) is 7.18. The monoisotopic (exact) mass is 342 g/mol. The molecule has 1 aromatic carbocycles. The number of rotatable bonds is 4. The van der Waals surface area contributed by atoms with Gasteiger partial charge in [0.25, 0.3) is 5.91 Å². The number of nitrogens with zero attached hydrogens (tertiary/aromatic N) is 1. The maximum atomic E-state index is 12.5. The van der Waals surface area contributed by atoms with Crippen molar-refractivity contribution in [3.05, 3.63) is 45.6 Å². The van der Waals surface area contributed by atoms with E-state index < -0.39 is 0 Å². The van der Waals surface area contributed by atoms with Crippen LogP contribution >= 0.6 is 11.3 Å². The second-order valence-electron chi connectivity index (χ2n) is 6.08. The minimum Gasteiger partial charge on any atom is -0.321 e. The van der Waals surface area contributed by atoms with E-state index in [0.29, 0.717) is 6.42 Å². The second-order valence-corrected chi connectivity index (χ2v) is 7.21. The number of amides is 2. The fraction of sp³-hybridized carbons (Fsp3) is 0.368. The number of piperidine rings is 1. The Bertz CT molecular complexity index is 766. The number of benzene rings is 1. The molecule has 1 aromatic heterocycles. The van der Waals surface area contributed by atoms with Gasteiger partial charge in [0, 0.05) is 29.2 Å². The summed E-state index contributed by atoms with van der Waals surface area (Å²) in [6, 6.07) is 9.48. The van der Waals surface area contributed by atoms with Gasteiger partial charge in [0.1, 0.15) is 0 Å². The summed E-state index contributed by atoms with van der Waals surface area (Å²) in [6.07, 6.45) is 3.53. The van der Waals surface area contributed by atoms with Gasteiger partial charge in [-0.2, -0.15) is 0 Å². The van der Waals surface area contributed by atoms with Gasteiger partial charge in [-0.1, -0.05) is 13.0 Å². The molecule has 0 unspecified atom stereocenters. The first-order chi connectivity index (χ1) is 11.6. The van der Waals surface area contributed by atoms with Crippen LogP contribution in [0.2, 0.25) is 0 Å². The number of hydrogen-bond donors (Lipinski definition) is 1. The van der Waals surface area contributed by atoms with Crippen LogP contribution in [0.4, 0.5) is 11.4 Å². The molecule has 2 amide bonds. The Morgan fingerprint density at radius 2 is 2.12 bits per heavy atom. The average Bonchev–Trinajstić information content (AvgIpc) is 2.96. The van der Waals surface area contributed by atoms with Crippen molar-refractivity contribution in [1.29, 1.82) is 0 Å². The molecule has 1 aliphatic rings. The van der Waals surface area contributed by atoms with Crippen molar-refractivity contribution in [1.82, 2.24) is 0 Å². The lowest BCUT2D eigenvalue weighted by molar-refractivity contribution is -0.119. The van der Waals surface area contributed by atoms with Crippen molar-refractivity contribution >= 4 is 34.5 Å². The SMILES string of the molecule is CCc1sc(C(=O)Nc2cccc(N3CCCCC3=O)c2)cc1C. The highest BCUT2D eigenvalue weighted by Gasteiger charge is 2.20. The van der Waals surface area contributed by atoms with Crippen molar-refractivity contribution in [2.45, 2.75) is 39.5 Å². The van der Waals surface area contributed by atoms with Crippen LogP contribution in [0.15, 0.2) is 30.3 Å². The molecule has 4 nitrogen and oxygen atoms in total. The van der Waals surface area contributed by atoms with Crippen LogP contribution in [-0.4, -0.2) is 18.4 Å². The van der Waals surface area contributed by atoms with Crippen LogP contribution < -0.4 is 10.2 Å². The highest BCUT2D eigenvalue weighted by molar-refractivity contribution is 7.14. The lowest BCUT2D eigenvalue weighted by Gasteiger charge is -2.27. The Balaban J connectivity index is 1.76. The number of carbonyl (C=O) groups excluding carboxylic acids is 2. The average molecular weight is 342 g/mol. The Labute approximate surface area is 146 Å². The molecule has 0 atom stereocenters. The van der Waals surface area contributed by atoms with Gasteiger partial charge < -0.3 is 10.2 Å². The van der Waals surface area contributed by atoms with Gasteiger partial charge in [-0.05, 0) is 56.0 Å². The van der Waals surface area contributed by atoms with Crippen LogP contribution in [0.5, 0.6) is 0 Å². The summed E-state index contributed by atoms with van der Waals surface area (Å²) < 4.78 is 0. The Kier molecular flexibility index (Phi) is 5.00. The summed E-state index contributed by atoms with van der Waals surface area (Å²) in [5.74, 6) is 0.0658. The molecule has 126 valence electrons. The first kappa shape index (κ1) is 16.7. The van der Waals surface area contributed by atoms with Gasteiger partial charge in [0.2, 0.25) is 5.91 Å². The molecule has 2 heterocycles. The molecule has 0 saturated carbocycles. The molecular formula is C19H22N2O2S. The van der Waals surface area contributed by atoms with Crippen molar-refractivity contribution < 1.29 is 9.59 Å². The lowest BCUT2D eigenvalue weighted by Crippen LogP contribution is -2.35. The van der Waals surface area contributed by atoms with Crippen molar-refractivity contribution in [3.8, 4) is 0 Å². The highest BCUT2D eigenvalue weighted by Crippen LogP contribution is 2.26. The summed E-state index contributed by atoms with van der Waals surface area (Å²) in [5, 5.41) is 2.95. The third-order valence-corrected chi connectivity index (χ3v) is 5.68. The third-order valence-electron chi connectivity index (χ3n) is 4.30. The van der Waals surface area contributed by atoms with E-state index in [1.807, 2.05) is 42.2 Å². The van der Waals surface area contributed by atoms with E-state index in [1.54, 1.807) is 11.3 Å². The van der Waals surface area contributed by atoms with Crippen molar-refractivity contribution in [2.75, 3.05) is 16.8 Å². The zero-order valence-corrected chi connectivity index (χ0v) is 14.9. The summed E-state index contributed by atoms with van der Waals surface area (Å²) in [5.41, 5.74) is 2.74.